The number of anilines is 2. The minimum absolute atomic E-state index is 0.0267. The lowest BCUT2D eigenvalue weighted by Gasteiger charge is -2.34. The van der Waals surface area contributed by atoms with Gasteiger partial charge in [-0.3, -0.25) is 14.9 Å². The van der Waals surface area contributed by atoms with Crippen molar-refractivity contribution in [2.24, 2.45) is 11.8 Å². The van der Waals surface area contributed by atoms with Gasteiger partial charge in [-0.25, -0.2) is 9.97 Å². The molecule has 2 aliphatic heterocycles. The summed E-state index contributed by atoms with van der Waals surface area (Å²) in [4.78, 5) is 35.8. The highest BCUT2D eigenvalue weighted by Crippen LogP contribution is 2.37. The summed E-state index contributed by atoms with van der Waals surface area (Å²) in [5, 5.41) is 11.9. The summed E-state index contributed by atoms with van der Waals surface area (Å²) >= 11 is 0. The molecule has 2 saturated heterocycles. The maximum atomic E-state index is 11.9. The van der Waals surface area contributed by atoms with Crippen LogP contribution in [0.2, 0.25) is 0 Å². The smallest absolute Gasteiger partial charge is 0.353 e. The standard InChI is InChI=1S/C18H27N5O4/c1-3-27-18(24)14-6-9-21(10-7-14)16-15(23(25)26)17(20-12-19-16)22-8-4-5-13(2)11-22/h12-14H,3-11H2,1-2H3. The van der Waals surface area contributed by atoms with E-state index in [4.69, 9.17) is 4.74 Å². The predicted molar refractivity (Wildman–Crippen MR) is 101 cm³/mol. The summed E-state index contributed by atoms with van der Waals surface area (Å²) in [7, 11) is 0. The second kappa shape index (κ2) is 8.49. The number of nitro groups is 1. The zero-order chi connectivity index (χ0) is 19.4. The molecule has 2 fully saturated rings. The van der Waals surface area contributed by atoms with Crippen molar-refractivity contribution in [2.75, 3.05) is 42.6 Å². The van der Waals surface area contributed by atoms with Crippen LogP contribution in [0, 0.1) is 22.0 Å². The first-order chi connectivity index (χ1) is 13.0. The Balaban J connectivity index is 1.81. The van der Waals surface area contributed by atoms with Crippen LogP contribution in [0.3, 0.4) is 0 Å². The fourth-order valence-electron chi connectivity index (χ4n) is 3.96. The minimum Gasteiger partial charge on any atom is -0.466 e. The minimum atomic E-state index is -0.374. The third-order valence-corrected chi connectivity index (χ3v) is 5.34. The summed E-state index contributed by atoms with van der Waals surface area (Å²) < 4.78 is 5.09. The van der Waals surface area contributed by atoms with E-state index in [1.54, 1.807) is 6.92 Å². The van der Waals surface area contributed by atoms with Crippen molar-refractivity contribution in [3.63, 3.8) is 0 Å². The molecule has 0 amide bonds. The van der Waals surface area contributed by atoms with Gasteiger partial charge in [-0.1, -0.05) is 6.92 Å². The van der Waals surface area contributed by atoms with E-state index in [0.29, 0.717) is 50.1 Å². The molecule has 148 valence electrons. The van der Waals surface area contributed by atoms with Crippen LogP contribution >= 0.6 is 0 Å². The zero-order valence-electron chi connectivity index (χ0n) is 16.0. The van der Waals surface area contributed by atoms with Crippen LogP contribution in [0.25, 0.3) is 0 Å². The van der Waals surface area contributed by atoms with Crippen molar-refractivity contribution in [1.82, 2.24) is 9.97 Å². The molecule has 0 radical (unpaired) electrons. The number of carbonyl (C=O) groups is 1. The maximum Gasteiger partial charge on any atom is 0.353 e. The fraction of sp³-hybridized carbons (Fsp3) is 0.722. The number of ether oxygens (including phenoxy) is 1. The highest BCUT2D eigenvalue weighted by molar-refractivity contribution is 5.74. The molecule has 9 heteroatoms. The van der Waals surface area contributed by atoms with Gasteiger partial charge in [0.25, 0.3) is 0 Å². The monoisotopic (exact) mass is 377 g/mol. The van der Waals surface area contributed by atoms with Crippen molar-refractivity contribution in [3.8, 4) is 0 Å². The Kier molecular flexibility index (Phi) is 6.08. The van der Waals surface area contributed by atoms with Gasteiger partial charge in [-0.2, -0.15) is 0 Å². The van der Waals surface area contributed by atoms with Gasteiger partial charge >= 0.3 is 11.7 Å². The number of hydrogen-bond acceptors (Lipinski definition) is 8. The van der Waals surface area contributed by atoms with Gasteiger partial charge in [0.05, 0.1) is 17.4 Å². The van der Waals surface area contributed by atoms with Gasteiger partial charge in [0, 0.05) is 26.2 Å². The van der Waals surface area contributed by atoms with Gasteiger partial charge < -0.3 is 14.5 Å². The van der Waals surface area contributed by atoms with Gasteiger partial charge in [-0.15, -0.1) is 0 Å². The largest absolute Gasteiger partial charge is 0.466 e. The molecule has 1 atom stereocenters. The molecule has 2 aliphatic rings. The topological polar surface area (TPSA) is 102 Å². The molecule has 0 bridgehead atoms. The lowest BCUT2D eigenvalue weighted by molar-refractivity contribution is -0.383. The van der Waals surface area contributed by atoms with E-state index in [-0.39, 0.29) is 22.5 Å². The van der Waals surface area contributed by atoms with Gasteiger partial charge in [-0.05, 0) is 38.5 Å². The van der Waals surface area contributed by atoms with E-state index in [0.717, 1.165) is 25.9 Å². The summed E-state index contributed by atoms with van der Waals surface area (Å²) in [5.74, 6) is 0.911. The third-order valence-electron chi connectivity index (χ3n) is 5.34. The summed E-state index contributed by atoms with van der Waals surface area (Å²) in [6.45, 7) is 6.93. The quantitative estimate of drug-likeness (QED) is 0.438. The fourth-order valence-corrected chi connectivity index (χ4v) is 3.96. The van der Waals surface area contributed by atoms with Crippen LogP contribution in [0.5, 0.6) is 0 Å². The van der Waals surface area contributed by atoms with Crippen molar-refractivity contribution in [3.05, 3.63) is 16.4 Å². The molecular formula is C18H27N5O4. The van der Waals surface area contributed by atoms with Crippen molar-refractivity contribution in [2.45, 2.75) is 39.5 Å². The number of aromatic nitrogens is 2. The molecule has 9 nitrogen and oxygen atoms in total. The first-order valence-corrected chi connectivity index (χ1v) is 9.67. The first-order valence-electron chi connectivity index (χ1n) is 9.67. The summed E-state index contributed by atoms with van der Waals surface area (Å²) in [6, 6.07) is 0. The van der Waals surface area contributed by atoms with Crippen LogP contribution < -0.4 is 9.80 Å². The van der Waals surface area contributed by atoms with Crippen LogP contribution in [0.4, 0.5) is 17.3 Å². The highest BCUT2D eigenvalue weighted by Gasteiger charge is 2.34. The molecule has 0 N–H and O–H groups in total. The molecule has 0 aliphatic carbocycles. The molecule has 1 unspecified atom stereocenters. The van der Waals surface area contributed by atoms with Crippen LogP contribution in [-0.4, -0.2) is 53.6 Å². The maximum absolute atomic E-state index is 11.9. The molecule has 0 spiro atoms. The Bertz CT molecular complexity index is 690. The van der Waals surface area contributed by atoms with E-state index < -0.39 is 0 Å². The number of carbonyl (C=O) groups excluding carboxylic acids is 1. The highest BCUT2D eigenvalue weighted by atomic mass is 16.6. The molecule has 3 heterocycles. The zero-order valence-corrected chi connectivity index (χ0v) is 16.0. The van der Waals surface area contributed by atoms with Crippen LogP contribution in [-0.2, 0) is 9.53 Å². The normalized spacial score (nSPS) is 21.2. The Hall–Kier alpha value is -2.45. The number of hydrogen-bond donors (Lipinski definition) is 0. The van der Waals surface area contributed by atoms with Crippen molar-refractivity contribution < 1.29 is 14.5 Å². The summed E-state index contributed by atoms with van der Waals surface area (Å²) in [5.41, 5.74) is -0.0267. The molecule has 27 heavy (non-hydrogen) atoms. The molecular weight excluding hydrogens is 350 g/mol. The van der Waals surface area contributed by atoms with E-state index in [9.17, 15) is 14.9 Å². The Morgan fingerprint density at radius 3 is 2.48 bits per heavy atom. The summed E-state index contributed by atoms with van der Waals surface area (Å²) in [6.07, 6.45) is 4.76. The van der Waals surface area contributed by atoms with Gasteiger partial charge in [0.2, 0.25) is 11.6 Å². The van der Waals surface area contributed by atoms with Crippen LogP contribution in [0.15, 0.2) is 6.33 Å². The number of nitrogens with zero attached hydrogens (tertiary/aromatic N) is 5. The van der Waals surface area contributed by atoms with Crippen molar-refractivity contribution >= 4 is 23.3 Å². The number of rotatable bonds is 5. The average molecular weight is 377 g/mol. The van der Waals surface area contributed by atoms with E-state index in [1.807, 2.05) is 9.80 Å². The number of esters is 1. The first kappa shape index (κ1) is 19.3. The van der Waals surface area contributed by atoms with Crippen molar-refractivity contribution in [1.29, 1.82) is 0 Å². The van der Waals surface area contributed by atoms with E-state index in [1.165, 1.54) is 6.33 Å². The molecule has 3 rings (SSSR count). The SMILES string of the molecule is CCOC(=O)C1CCN(c2ncnc(N3CCCC(C)C3)c2[N+](=O)[O-])CC1. The predicted octanol–water partition coefficient (Wildman–Crippen LogP) is 2.40. The van der Waals surface area contributed by atoms with Gasteiger partial charge in [0.15, 0.2) is 0 Å². The second-order valence-corrected chi connectivity index (χ2v) is 7.33. The lowest BCUT2D eigenvalue weighted by atomic mass is 9.97. The molecule has 1 aromatic heterocycles. The Morgan fingerprint density at radius 2 is 1.89 bits per heavy atom. The molecule has 1 aromatic rings. The number of piperidine rings is 2. The Morgan fingerprint density at radius 1 is 1.22 bits per heavy atom. The molecule has 0 saturated carbocycles. The van der Waals surface area contributed by atoms with Gasteiger partial charge in [0.1, 0.15) is 6.33 Å². The van der Waals surface area contributed by atoms with E-state index in [2.05, 4.69) is 16.9 Å². The van der Waals surface area contributed by atoms with E-state index >= 15 is 0 Å². The second-order valence-electron chi connectivity index (χ2n) is 7.33. The average Bonchev–Trinajstić information content (AvgIpc) is 2.67. The Labute approximate surface area is 158 Å². The third kappa shape index (κ3) is 4.28. The molecule has 0 aromatic carbocycles. The van der Waals surface area contributed by atoms with Crippen LogP contribution in [0.1, 0.15) is 39.5 Å². The lowest BCUT2D eigenvalue weighted by Crippen LogP contribution is -2.39.